The Morgan fingerprint density at radius 1 is 1.38 bits per heavy atom. The van der Waals surface area contributed by atoms with Gasteiger partial charge >= 0.3 is 0 Å². The minimum atomic E-state index is -3.66. The lowest BCUT2D eigenvalue weighted by Crippen LogP contribution is -2.25. The van der Waals surface area contributed by atoms with Crippen molar-refractivity contribution in [1.29, 1.82) is 0 Å². The highest BCUT2D eigenvalue weighted by molar-refractivity contribution is 7.89. The first-order valence-electron chi connectivity index (χ1n) is 6.80. The van der Waals surface area contributed by atoms with Crippen molar-refractivity contribution in [3.63, 3.8) is 0 Å². The number of aromatic amines is 1. The highest BCUT2D eigenvalue weighted by atomic mass is 32.2. The van der Waals surface area contributed by atoms with Gasteiger partial charge < -0.3 is 9.73 Å². The molecule has 21 heavy (non-hydrogen) atoms. The molecular weight excluding hydrogens is 292 g/mol. The van der Waals surface area contributed by atoms with E-state index in [0.717, 1.165) is 24.2 Å². The fourth-order valence-electron chi connectivity index (χ4n) is 1.89. The quantitative estimate of drug-likeness (QED) is 0.638. The third-order valence-electron chi connectivity index (χ3n) is 3.07. The summed E-state index contributed by atoms with van der Waals surface area (Å²) in [5.41, 5.74) is 2.18. The van der Waals surface area contributed by atoms with Crippen molar-refractivity contribution in [1.82, 2.24) is 20.2 Å². The van der Waals surface area contributed by atoms with Crippen LogP contribution in [0, 0.1) is 6.92 Å². The van der Waals surface area contributed by atoms with Crippen molar-refractivity contribution in [3.05, 3.63) is 35.4 Å². The third-order valence-corrected chi connectivity index (χ3v) is 4.44. The molecule has 0 aromatic carbocycles. The lowest BCUT2D eigenvalue weighted by Gasteiger charge is -2.07. The van der Waals surface area contributed by atoms with E-state index in [9.17, 15) is 8.42 Å². The minimum absolute atomic E-state index is 0.0482. The van der Waals surface area contributed by atoms with Crippen molar-refractivity contribution in [2.45, 2.75) is 38.4 Å². The van der Waals surface area contributed by atoms with Gasteiger partial charge in [-0.2, -0.15) is 5.10 Å². The Hall–Kier alpha value is -1.64. The molecule has 2 heterocycles. The van der Waals surface area contributed by atoms with E-state index in [1.54, 1.807) is 6.07 Å². The van der Waals surface area contributed by atoms with Crippen LogP contribution >= 0.6 is 0 Å². The van der Waals surface area contributed by atoms with Crippen LogP contribution in [0.5, 0.6) is 0 Å². The molecule has 0 radical (unpaired) electrons. The molecule has 0 bridgehead atoms. The number of hydrogen-bond acceptors (Lipinski definition) is 5. The average molecular weight is 312 g/mol. The lowest BCUT2D eigenvalue weighted by molar-refractivity contribution is 0.560. The topological polar surface area (TPSA) is 100 Å². The molecule has 0 unspecified atom stereocenters. The summed E-state index contributed by atoms with van der Waals surface area (Å²) in [4.78, 5) is 0. The van der Waals surface area contributed by atoms with Gasteiger partial charge in [-0.05, 0) is 26.0 Å². The average Bonchev–Trinajstić information content (AvgIpc) is 3.08. The molecule has 2 aromatic heterocycles. The van der Waals surface area contributed by atoms with Gasteiger partial charge in [0.1, 0.15) is 0 Å². The zero-order valence-electron chi connectivity index (χ0n) is 12.1. The number of sulfonamides is 1. The predicted octanol–water partition coefficient (Wildman–Crippen LogP) is 1.29. The highest BCUT2D eigenvalue weighted by Crippen LogP contribution is 2.16. The number of hydrogen-bond donors (Lipinski definition) is 3. The smallest absolute Gasteiger partial charge is 0.260 e. The standard InChI is InChI=1S/C13H20N4O3S/c1-3-5-14-8-12-10(2)16-17-13(12)21(18,19)15-7-11-4-6-20-9-11/h4,6,9,14-15H,3,5,7-8H2,1-2H3,(H,16,17). The Morgan fingerprint density at radius 2 is 2.19 bits per heavy atom. The Morgan fingerprint density at radius 3 is 2.86 bits per heavy atom. The molecule has 0 atom stereocenters. The summed E-state index contributed by atoms with van der Waals surface area (Å²) < 4.78 is 32.1. The van der Waals surface area contributed by atoms with Crippen LogP contribution in [0.25, 0.3) is 0 Å². The van der Waals surface area contributed by atoms with Crippen LogP contribution in [-0.4, -0.2) is 25.2 Å². The van der Waals surface area contributed by atoms with Gasteiger partial charge in [-0.15, -0.1) is 0 Å². The number of rotatable bonds is 8. The first-order valence-corrected chi connectivity index (χ1v) is 8.28. The summed E-state index contributed by atoms with van der Waals surface area (Å²) in [7, 11) is -3.66. The highest BCUT2D eigenvalue weighted by Gasteiger charge is 2.23. The van der Waals surface area contributed by atoms with Gasteiger partial charge in [-0.3, -0.25) is 5.10 Å². The zero-order valence-corrected chi connectivity index (χ0v) is 13.0. The Kier molecular flexibility index (Phi) is 5.16. The molecule has 0 aliphatic rings. The van der Waals surface area contributed by atoms with Gasteiger partial charge in [0, 0.05) is 29.9 Å². The zero-order chi connectivity index (χ0) is 15.3. The maximum Gasteiger partial charge on any atom is 0.260 e. The molecular formula is C13H20N4O3S. The van der Waals surface area contributed by atoms with Gasteiger partial charge in [0.05, 0.1) is 12.5 Å². The molecule has 0 spiro atoms. The second-order valence-electron chi connectivity index (χ2n) is 4.77. The molecule has 0 aliphatic heterocycles. The monoisotopic (exact) mass is 312 g/mol. The summed E-state index contributed by atoms with van der Waals surface area (Å²) in [5.74, 6) is 0. The largest absolute Gasteiger partial charge is 0.472 e. The summed E-state index contributed by atoms with van der Waals surface area (Å²) in [6.45, 7) is 5.33. The molecule has 0 fully saturated rings. The van der Waals surface area contributed by atoms with Gasteiger partial charge in [0.15, 0.2) is 5.03 Å². The Balaban J connectivity index is 2.11. The van der Waals surface area contributed by atoms with E-state index in [4.69, 9.17) is 4.42 Å². The van der Waals surface area contributed by atoms with E-state index in [0.29, 0.717) is 12.1 Å². The summed E-state index contributed by atoms with van der Waals surface area (Å²) in [6.07, 6.45) is 3.99. The number of aryl methyl sites for hydroxylation is 1. The Labute approximate surface area is 124 Å². The van der Waals surface area contributed by atoms with Crippen molar-refractivity contribution in [2.75, 3.05) is 6.54 Å². The van der Waals surface area contributed by atoms with Gasteiger partial charge in [-0.25, -0.2) is 13.1 Å². The number of aromatic nitrogens is 2. The predicted molar refractivity (Wildman–Crippen MR) is 78.1 cm³/mol. The lowest BCUT2D eigenvalue weighted by atomic mass is 10.2. The van der Waals surface area contributed by atoms with Crippen molar-refractivity contribution in [3.8, 4) is 0 Å². The second-order valence-corrected chi connectivity index (χ2v) is 6.45. The van der Waals surface area contributed by atoms with Crippen LogP contribution in [0.4, 0.5) is 0 Å². The van der Waals surface area contributed by atoms with E-state index in [1.807, 2.05) is 6.92 Å². The summed E-state index contributed by atoms with van der Waals surface area (Å²) in [6, 6.07) is 1.71. The van der Waals surface area contributed by atoms with Crippen LogP contribution in [0.1, 0.15) is 30.2 Å². The van der Waals surface area contributed by atoms with E-state index >= 15 is 0 Å². The first-order chi connectivity index (χ1) is 10.0. The fraction of sp³-hybridized carbons (Fsp3) is 0.462. The normalized spacial score (nSPS) is 11.9. The van der Waals surface area contributed by atoms with E-state index < -0.39 is 10.0 Å². The van der Waals surface area contributed by atoms with Crippen LogP contribution in [0.3, 0.4) is 0 Å². The molecule has 3 N–H and O–H groups in total. The number of furan rings is 1. The van der Waals surface area contributed by atoms with E-state index in [-0.39, 0.29) is 11.6 Å². The van der Waals surface area contributed by atoms with Crippen LogP contribution in [-0.2, 0) is 23.1 Å². The molecule has 7 nitrogen and oxygen atoms in total. The maximum atomic E-state index is 12.3. The third kappa shape index (κ3) is 3.93. The minimum Gasteiger partial charge on any atom is -0.472 e. The molecule has 2 rings (SSSR count). The molecule has 2 aromatic rings. The fourth-order valence-corrected chi connectivity index (χ4v) is 3.10. The molecule has 8 heteroatoms. The molecule has 0 aliphatic carbocycles. The van der Waals surface area contributed by atoms with Gasteiger partial charge in [0.25, 0.3) is 10.0 Å². The summed E-state index contributed by atoms with van der Waals surface area (Å²) >= 11 is 0. The second kappa shape index (κ2) is 6.88. The van der Waals surface area contributed by atoms with Crippen molar-refractivity contribution in [2.24, 2.45) is 0 Å². The van der Waals surface area contributed by atoms with Crippen LogP contribution in [0.2, 0.25) is 0 Å². The molecule has 0 saturated heterocycles. The maximum absolute atomic E-state index is 12.3. The molecule has 116 valence electrons. The van der Waals surface area contributed by atoms with Crippen molar-refractivity contribution >= 4 is 10.0 Å². The van der Waals surface area contributed by atoms with Crippen LogP contribution in [0.15, 0.2) is 28.0 Å². The van der Waals surface area contributed by atoms with E-state index in [2.05, 4.69) is 27.2 Å². The van der Waals surface area contributed by atoms with E-state index in [1.165, 1.54) is 12.5 Å². The molecule has 0 saturated carbocycles. The van der Waals surface area contributed by atoms with Crippen LogP contribution < -0.4 is 10.0 Å². The number of nitrogens with one attached hydrogen (secondary N) is 3. The van der Waals surface area contributed by atoms with Gasteiger partial charge in [-0.1, -0.05) is 6.92 Å². The molecule has 0 amide bonds. The van der Waals surface area contributed by atoms with Crippen molar-refractivity contribution < 1.29 is 12.8 Å². The number of nitrogens with zero attached hydrogens (tertiary/aromatic N) is 1. The Bertz CT molecular complexity index is 662. The van der Waals surface area contributed by atoms with Gasteiger partial charge in [0.2, 0.25) is 0 Å². The first kappa shape index (κ1) is 15.7. The SMILES string of the molecule is CCCNCc1c(S(=O)(=O)NCc2ccoc2)n[nH]c1C. The summed E-state index contributed by atoms with van der Waals surface area (Å²) in [5, 5.41) is 9.90. The number of H-pyrrole nitrogens is 1.